The number of anilines is 2. The first-order chi connectivity index (χ1) is 13.2. The van der Waals surface area contributed by atoms with Crippen molar-refractivity contribution in [1.29, 1.82) is 0 Å². The summed E-state index contributed by atoms with van der Waals surface area (Å²) in [6, 6.07) is 12.9. The summed E-state index contributed by atoms with van der Waals surface area (Å²) in [4.78, 5) is 13.2. The standard InChI is InChI=1S/C19H18N6O2/c26-25(27)18-11-14(7-8-17(18)24-9-3-4-10-24)12-20-22-19-16-6-2-1-5-15(16)13-21-23-19/h1-2,5-8,11-13H,3-4,9-10H2,(H,22,23)/b20-12+. The third kappa shape index (κ3) is 3.55. The first-order valence-corrected chi connectivity index (χ1v) is 8.75. The lowest BCUT2D eigenvalue weighted by Crippen LogP contribution is -2.19. The van der Waals surface area contributed by atoms with E-state index in [0.29, 0.717) is 17.1 Å². The van der Waals surface area contributed by atoms with E-state index in [0.717, 1.165) is 36.7 Å². The number of aromatic nitrogens is 2. The molecule has 0 radical (unpaired) electrons. The number of nitrogens with zero attached hydrogens (tertiary/aromatic N) is 5. The molecule has 1 aromatic heterocycles. The largest absolute Gasteiger partial charge is 0.366 e. The van der Waals surface area contributed by atoms with E-state index in [1.807, 2.05) is 30.3 Å². The Balaban J connectivity index is 1.56. The van der Waals surface area contributed by atoms with Crippen molar-refractivity contribution in [3.05, 3.63) is 64.3 Å². The molecule has 4 rings (SSSR count). The van der Waals surface area contributed by atoms with Gasteiger partial charge in [0.05, 0.1) is 17.3 Å². The van der Waals surface area contributed by atoms with Crippen LogP contribution in [0.5, 0.6) is 0 Å². The second-order valence-corrected chi connectivity index (χ2v) is 6.35. The van der Waals surface area contributed by atoms with Crippen LogP contribution in [0.25, 0.3) is 10.8 Å². The van der Waals surface area contributed by atoms with Crippen molar-refractivity contribution in [2.24, 2.45) is 5.10 Å². The van der Waals surface area contributed by atoms with Gasteiger partial charge in [-0.05, 0) is 18.9 Å². The van der Waals surface area contributed by atoms with E-state index in [1.165, 1.54) is 0 Å². The molecule has 2 aromatic carbocycles. The van der Waals surface area contributed by atoms with Gasteiger partial charge in [-0.15, -0.1) is 5.10 Å². The highest BCUT2D eigenvalue weighted by Gasteiger charge is 2.22. The SMILES string of the molecule is O=[N+]([O-])c1cc(/C=N/Nc2nncc3ccccc23)ccc1N1CCCC1. The zero-order valence-electron chi connectivity index (χ0n) is 14.6. The van der Waals surface area contributed by atoms with Crippen molar-refractivity contribution in [3.63, 3.8) is 0 Å². The molecule has 3 aromatic rings. The number of rotatable bonds is 5. The molecule has 0 saturated carbocycles. The van der Waals surface area contributed by atoms with Crippen LogP contribution in [-0.2, 0) is 0 Å². The van der Waals surface area contributed by atoms with Crippen molar-refractivity contribution in [2.75, 3.05) is 23.4 Å². The number of nitro benzene ring substituents is 1. The Labute approximate surface area is 155 Å². The van der Waals surface area contributed by atoms with E-state index in [9.17, 15) is 10.1 Å². The summed E-state index contributed by atoms with van der Waals surface area (Å²) in [5.74, 6) is 0.535. The maximum Gasteiger partial charge on any atom is 0.293 e. The van der Waals surface area contributed by atoms with Gasteiger partial charge in [-0.3, -0.25) is 15.5 Å². The van der Waals surface area contributed by atoms with Gasteiger partial charge in [0.25, 0.3) is 5.69 Å². The monoisotopic (exact) mass is 362 g/mol. The molecule has 0 unspecified atom stereocenters. The Bertz CT molecular complexity index is 1010. The molecule has 8 heteroatoms. The third-order valence-electron chi connectivity index (χ3n) is 4.60. The quantitative estimate of drug-likeness (QED) is 0.423. The number of fused-ring (bicyclic) bond motifs is 1. The first kappa shape index (κ1) is 16.9. The topological polar surface area (TPSA) is 96.5 Å². The zero-order valence-corrected chi connectivity index (χ0v) is 14.6. The molecular formula is C19H18N6O2. The number of hydrogen-bond donors (Lipinski definition) is 1. The highest BCUT2D eigenvalue weighted by Crippen LogP contribution is 2.31. The fourth-order valence-electron chi connectivity index (χ4n) is 3.27. The van der Waals surface area contributed by atoms with Crippen LogP contribution >= 0.6 is 0 Å². The molecule has 0 bridgehead atoms. The van der Waals surface area contributed by atoms with Crippen molar-refractivity contribution in [3.8, 4) is 0 Å². The summed E-state index contributed by atoms with van der Waals surface area (Å²) in [7, 11) is 0. The molecule has 1 fully saturated rings. The summed E-state index contributed by atoms with van der Waals surface area (Å²) >= 11 is 0. The minimum Gasteiger partial charge on any atom is -0.366 e. The molecule has 1 aliphatic rings. The van der Waals surface area contributed by atoms with Crippen LogP contribution < -0.4 is 10.3 Å². The van der Waals surface area contributed by atoms with E-state index < -0.39 is 0 Å². The minimum atomic E-state index is -0.339. The van der Waals surface area contributed by atoms with Gasteiger partial charge in [-0.25, -0.2) is 0 Å². The predicted molar refractivity (Wildman–Crippen MR) is 105 cm³/mol. The Kier molecular flexibility index (Phi) is 4.61. The van der Waals surface area contributed by atoms with Crippen molar-refractivity contribution >= 4 is 34.2 Å². The minimum absolute atomic E-state index is 0.103. The van der Waals surface area contributed by atoms with E-state index in [-0.39, 0.29) is 10.6 Å². The lowest BCUT2D eigenvalue weighted by atomic mass is 10.1. The van der Waals surface area contributed by atoms with Gasteiger partial charge in [-0.2, -0.15) is 10.2 Å². The third-order valence-corrected chi connectivity index (χ3v) is 4.60. The predicted octanol–water partition coefficient (Wildman–Crippen LogP) is 3.58. The molecule has 1 saturated heterocycles. The number of benzene rings is 2. The van der Waals surface area contributed by atoms with Crippen LogP contribution in [0.3, 0.4) is 0 Å². The molecule has 27 heavy (non-hydrogen) atoms. The summed E-state index contributed by atoms with van der Waals surface area (Å²) in [5.41, 5.74) is 4.29. The van der Waals surface area contributed by atoms with Gasteiger partial charge in [0.2, 0.25) is 0 Å². The van der Waals surface area contributed by atoms with Crippen LogP contribution in [-0.4, -0.2) is 34.4 Å². The molecule has 2 heterocycles. The molecule has 0 spiro atoms. The van der Waals surface area contributed by atoms with Gasteiger partial charge in [-0.1, -0.05) is 30.3 Å². The number of nitrogens with one attached hydrogen (secondary N) is 1. The fourth-order valence-corrected chi connectivity index (χ4v) is 3.27. The van der Waals surface area contributed by atoms with E-state index >= 15 is 0 Å². The summed E-state index contributed by atoms with van der Waals surface area (Å²) in [6.07, 6.45) is 5.36. The molecule has 0 atom stereocenters. The Morgan fingerprint density at radius 1 is 1.19 bits per heavy atom. The van der Waals surface area contributed by atoms with E-state index in [1.54, 1.807) is 24.5 Å². The summed E-state index contributed by atoms with van der Waals surface area (Å²) < 4.78 is 0. The average molecular weight is 362 g/mol. The Hall–Kier alpha value is -3.55. The molecule has 8 nitrogen and oxygen atoms in total. The van der Waals surface area contributed by atoms with Gasteiger partial charge in [0, 0.05) is 35.5 Å². The highest BCUT2D eigenvalue weighted by atomic mass is 16.6. The second-order valence-electron chi connectivity index (χ2n) is 6.35. The van der Waals surface area contributed by atoms with Crippen LogP contribution in [0, 0.1) is 10.1 Å². The molecule has 0 amide bonds. The van der Waals surface area contributed by atoms with E-state index in [2.05, 4.69) is 25.6 Å². The van der Waals surface area contributed by atoms with E-state index in [4.69, 9.17) is 0 Å². The Morgan fingerprint density at radius 3 is 2.81 bits per heavy atom. The number of hydrazone groups is 1. The van der Waals surface area contributed by atoms with Crippen LogP contribution in [0.1, 0.15) is 18.4 Å². The number of nitro groups is 1. The van der Waals surface area contributed by atoms with Crippen LogP contribution in [0.2, 0.25) is 0 Å². The van der Waals surface area contributed by atoms with Gasteiger partial charge in [0.15, 0.2) is 5.82 Å². The number of hydrogen-bond acceptors (Lipinski definition) is 7. The molecule has 136 valence electrons. The highest BCUT2D eigenvalue weighted by molar-refractivity contribution is 5.91. The maximum atomic E-state index is 11.5. The fraction of sp³-hybridized carbons (Fsp3) is 0.211. The summed E-state index contributed by atoms with van der Waals surface area (Å²) in [5, 5.41) is 25.5. The lowest BCUT2D eigenvalue weighted by molar-refractivity contribution is -0.384. The Morgan fingerprint density at radius 2 is 2.00 bits per heavy atom. The molecule has 0 aliphatic carbocycles. The maximum absolute atomic E-state index is 11.5. The van der Waals surface area contributed by atoms with Crippen LogP contribution in [0.4, 0.5) is 17.2 Å². The van der Waals surface area contributed by atoms with Gasteiger partial charge in [0.1, 0.15) is 5.69 Å². The summed E-state index contributed by atoms with van der Waals surface area (Å²) in [6.45, 7) is 1.71. The van der Waals surface area contributed by atoms with Gasteiger partial charge >= 0.3 is 0 Å². The van der Waals surface area contributed by atoms with Crippen LogP contribution in [0.15, 0.2) is 53.8 Å². The first-order valence-electron chi connectivity index (χ1n) is 8.75. The molecular weight excluding hydrogens is 344 g/mol. The van der Waals surface area contributed by atoms with Crippen molar-refractivity contribution in [1.82, 2.24) is 10.2 Å². The lowest BCUT2D eigenvalue weighted by Gasteiger charge is -2.17. The molecule has 1 aliphatic heterocycles. The normalized spacial score (nSPS) is 14.1. The smallest absolute Gasteiger partial charge is 0.293 e. The van der Waals surface area contributed by atoms with Crippen molar-refractivity contribution < 1.29 is 4.92 Å². The average Bonchev–Trinajstić information content (AvgIpc) is 3.23. The van der Waals surface area contributed by atoms with Crippen molar-refractivity contribution in [2.45, 2.75) is 12.8 Å². The van der Waals surface area contributed by atoms with Gasteiger partial charge < -0.3 is 4.90 Å². The second kappa shape index (κ2) is 7.36. The zero-order chi connectivity index (χ0) is 18.6. The molecule has 1 N–H and O–H groups in total.